The normalized spacial score (nSPS) is 11.1. The molecule has 3 N–H and O–H groups in total. The Morgan fingerprint density at radius 3 is 1.96 bits per heavy atom. The Morgan fingerprint density at radius 2 is 1.30 bits per heavy atom. The maximum Gasteiger partial charge on any atom is 0.123 e. The predicted molar refractivity (Wildman–Crippen MR) is 110 cm³/mol. The number of nitrogens with one attached hydrogen (secondary N) is 1. The van der Waals surface area contributed by atoms with E-state index in [2.05, 4.69) is 5.32 Å². The average molecular weight is 375 g/mol. The van der Waals surface area contributed by atoms with Crippen molar-refractivity contribution < 1.29 is 8.78 Å². The van der Waals surface area contributed by atoms with Gasteiger partial charge < -0.3 is 11.1 Å². The van der Waals surface area contributed by atoms with E-state index in [-0.39, 0.29) is 11.6 Å². The summed E-state index contributed by atoms with van der Waals surface area (Å²) in [6.07, 6.45) is 8.45. The summed E-state index contributed by atoms with van der Waals surface area (Å²) in [7, 11) is 0. The summed E-state index contributed by atoms with van der Waals surface area (Å²) in [5.41, 5.74) is 9.76. The molecule has 0 aliphatic carbocycles. The van der Waals surface area contributed by atoms with Gasteiger partial charge in [-0.1, -0.05) is 18.9 Å². The van der Waals surface area contributed by atoms with Gasteiger partial charge in [-0.05, 0) is 106 Å². The second-order valence-electron chi connectivity index (χ2n) is 7.29. The van der Waals surface area contributed by atoms with Crippen LogP contribution in [0.5, 0.6) is 0 Å². The van der Waals surface area contributed by atoms with E-state index in [9.17, 15) is 8.78 Å². The highest BCUT2D eigenvalue weighted by Crippen LogP contribution is 2.16. The summed E-state index contributed by atoms with van der Waals surface area (Å²) in [5.74, 6) is -0.356. The molecule has 2 rings (SSSR count). The number of aryl methyl sites for hydroxylation is 3. The van der Waals surface area contributed by atoms with Gasteiger partial charge in [-0.15, -0.1) is 0 Å². The van der Waals surface area contributed by atoms with Crippen molar-refractivity contribution in [2.45, 2.75) is 58.3 Å². The molecule has 0 aliphatic heterocycles. The Labute approximate surface area is 162 Å². The van der Waals surface area contributed by atoms with Gasteiger partial charge in [-0.25, -0.2) is 8.78 Å². The Morgan fingerprint density at radius 1 is 0.741 bits per heavy atom. The zero-order chi connectivity index (χ0) is 19.5. The fraction of sp³-hybridized carbons (Fsp3) is 0.478. The smallest absolute Gasteiger partial charge is 0.123 e. The van der Waals surface area contributed by atoms with Gasteiger partial charge in [-0.3, -0.25) is 0 Å². The summed E-state index contributed by atoms with van der Waals surface area (Å²) in [5, 5.41) is 3.48. The number of hydrogen-bond acceptors (Lipinski definition) is 2. The maximum atomic E-state index is 13.3. The van der Waals surface area contributed by atoms with Crippen molar-refractivity contribution in [3.8, 4) is 0 Å². The molecule has 0 heterocycles. The van der Waals surface area contributed by atoms with E-state index in [1.807, 2.05) is 13.0 Å². The number of halogens is 2. The summed E-state index contributed by atoms with van der Waals surface area (Å²) < 4.78 is 26.5. The highest BCUT2D eigenvalue weighted by molar-refractivity contribution is 5.46. The molecule has 4 heteroatoms. The maximum absolute atomic E-state index is 13.3. The number of nitrogens with two attached hydrogens (primary N) is 1. The van der Waals surface area contributed by atoms with E-state index in [1.165, 1.54) is 17.7 Å². The molecule has 2 nitrogen and oxygen atoms in total. The summed E-state index contributed by atoms with van der Waals surface area (Å²) in [6, 6.07) is 9.62. The molecule has 0 aromatic heterocycles. The first-order valence-electron chi connectivity index (χ1n) is 10.1. The number of nitrogen functional groups attached to an aromatic ring is 1. The summed E-state index contributed by atoms with van der Waals surface area (Å²) in [6.45, 7) is 4.08. The minimum Gasteiger partial charge on any atom is -0.399 e. The SMILES string of the molecule is Cc1ccc(F)cc1CCCCCNCCCCCc1cc(F)ccc1N. The number of anilines is 1. The fourth-order valence-corrected chi connectivity index (χ4v) is 3.31. The third-order valence-corrected chi connectivity index (χ3v) is 5.02. The molecule has 0 saturated heterocycles. The highest BCUT2D eigenvalue weighted by atomic mass is 19.1. The van der Waals surface area contributed by atoms with E-state index in [0.29, 0.717) is 5.69 Å². The van der Waals surface area contributed by atoms with Crippen LogP contribution in [0.1, 0.15) is 55.2 Å². The van der Waals surface area contributed by atoms with E-state index in [1.54, 1.807) is 18.2 Å². The van der Waals surface area contributed by atoms with Crippen LogP contribution >= 0.6 is 0 Å². The standard InChI is InChI=1S/C23H32F2N2/c1-18-10-11-21(24)16-19(18)8-4-2-6-14-27-15-7-3-5-9-20-17-22(25)12-13-23(20)26/h10-13,16-17,27H,2-9,14-15,26H2,1H3. The lowest BCUT2D eigenvalue weighted by atomic mass is 10.0. The van der Waals surface area contributed by atoms with Gasteiger partial charge >= 0.3 is 0 Å². The largest absolute Gasteiger partial charge is 0.399 e. The molecule has 2 aromatic rings. The molecule has 0 atom stereocenters. The molecule has 0 amide bonds. The quantitative estimate of drug-likeness (QED) is 0.376. The average Bonchev–Trinajstić information content (AvgIpc) is 2.65. The second kappa shape index (κ2) is 11.7. The molecule has 0 radical (unpaired) electrons. The Hall–Kier alpha value is -1.94. The van der Waals surface area contributed by atoms with Crippen molar-refractivity contribution in [3.63, 3.8) is 0 Å². The van der Waals surface area contributed by atoms with Crippen LogP contribution in [0.25, 0.3) is 0 Å². The van der Waals surface area contributed by atoms with Gasteiger partial charge in [0, 0.05) is 5.69 Å². The fourth-order valence-electron chi connectivity index (χ4n) is 3.31. The molecule has 2 aromatic carbocycles. The lowest BCUT2D eigenvalue weighted by molar-refractivity contribution is 0.567. The third kappa shape index (κ3) is 8.08. The summed E-state index contributed by atoms with van der Waals surface area (Å²) >= 11 is 0. The van der Waals surface area contributed by atoms with Gasteiger partial charge in [0.2, 0.25) is 0 Å². The van der Waals surface area contributed by atoms with Gasteiger partial charge in [0.1, 0.15) is 11.6 Å². The van der Waals surface area contributed by atoms with Crippen molar-refractivity contribution in [1.29, 1.82) is 0 Å². The molecule has 148 valence electrons. The van der Waals surface area contributed by atoms with Crippen LogP contribution in [-0.4, -0.2) is 13.1 Å². The molecule has 0 aliphatic rings. The van der Waals surface area contributed by atoms with Crippen LogP contribution in [0.2, 0.25) is 0 Å². The highest BCUT2D eigenvalue weighted by Gasteiger charge is 2.02. The number of benzene rings is 2. The zero-order valence-corrected chi connectivity index (χ0v) is 16.4. The lowest BCUT2D eigenvalue weighted by Gasteiger charge is -2.08. The van der Waals surface area contributed by atoms with Crippen LogP contribution in [0.15, 0.2) is 36.4 Å². The first-order chi connectivity index (χ1) is 13.1. The number of hydrogen-bond donors (Lipinski definition) is 2. The number of unbranched alkanes of at least 4 members (excludes halogenated alkanes) is 4. The minimum atomic E-state index is -0.214. The molecular weight excluding hydrogens is 342 g/mol. The van der Waals surface area contributed by atoms with Gasteiger partial charge in [-0.2, -0.15) is 0 Å². The van der Waals surface area contributed by atoms with Crippen molar-refractivity contribution >= 4 is 5.69 Å². The van der Waals surface area contributed by atoms with Crippen molar-refractivity contribution in [2.75, 3.05) is 18.8 Å². The van der Waals surface area contributed by atoms with Crippen LogP contribution in [0.4, 0.5) is 14.5 Å². The minimum absolute atomic E-state index is 0.141. The van der Waals surface area contributed by atoms with Crippen LogP contribution in [0.3, 0.4) is 0 Å². The topological polar surface area (TPSA) is 38.0 Å². The van der Waals surface area contributed by atoms with Gasteiger partial charge in [0.25, 0.3) is 0 Å². The van der Waals surface area contributed by atoms with E-state index < -0.39 is 0 Å². The second-order valence-corrected chi connectivity index (χ2v) is 7.29. The molecular formula is C23H32F2N2. The van der Waals surface area contributed by atoms with Gasteiger partial charge in [0.15, 0.2) is 0 Å². The van der Waals surface area contributed by atoms with Crippen molar-refractivity contribution in [2.24, 2.45) is 0 Å². The van der Waals surface area contributed by atoms with Crippen LogP contribution < -0.4 is 11.1 Å². The third-order valence-electron chi connectivity index (χ3n) is 5.02. The Kier molecular flexibility index (Phi) is 9.26. The van der Waals surface area contributed by atoms with Crippen LogP contribution in [-0.2, 0) is 12.8 Å². The van der Waals surface area contributed by atoms with E-state index in [4.69, 9.17) is 5.73 Å². The van der Waals surface area contributed by atoms with Crippen molar-refractivity contribution in [3.05, 3.63) is 64.7 Å². The Bertz CT molecular complexity index is 641. The monoisotopic (exact) mass is 374 g/mol. The molecule has 0 saturated carbocycles. The Balaban J connectivity index is 1.45. The molecule has 0 spiro atoms. The molecule has 0 unspecified atom stereocenters. The van der Waals surface area contributed by atoms with E-state index >= 15 is 0 Å². The van der Waals surface area contributed by atoms with Gasteiger partial charge in [0.05, 0.1) is 0 Å². The van der Waals surface area contributed by atoms with Crippen LogP contribution in [0, 0.1) is 18.6 Å². The molecule has 0 fully saturated rings. The van der Waals surface area contributed by atoms with E-state index in [0.717, 1.165) is 75.6 Å². The predicted octanol–water partition coefficient (Wildman–Crippen LogP) is 5.57. The first kappa shape index (κ1) is 21.4. The lowest BCUT2D eigenvalue weighted by Crippen LogP contribution is -2.16. The first-order valence-corrected chi connectivity index (χ1v) is 10.1. The zero-order valence-electron chi connectivity index (χ0n) is 16.4. The summed E-state index contributed by atoms with van der Waals surface area (Å²) in [4.78, 5) is 0. The number of rotatable bonds is 12. The van der Waals surface area contributed by atoms with Crippen molar-refractivity contribution in [1.82, 2.24) is 5.32 Å². The molecule has 0 bridgehead atoms. The molecule has 27 heavy (non-hydrogen) atoms.